The van der Waals surface area contributed by atoms with Crippen molar-refractivity contribution in [3.05, 3.63) is 64.5 Å². The van der Waals surface area contributed by atoms with E-state index in [0.29, 0.717) is 15.8 Å². The molecule has 1 fully saturated rings. The average Bonchev–Trinajstić information content (AvgIpc) is 3.24. The molecule has 0 spiro atoms. The van der Waals surface area contributed by atoms with Crippen molar-refractivity contribution in [1.82, 2.24) is 9.80 Å². The predicted octanol–water partition coefficient (Wildman–Crippen LogP) is 6.67. The van der Waals surface area contributed by atoms with Crippen LogP contribution in [0.5, 0.6) is 0 Å². The number of thioether (sulfide) groups is 1. The third-order valence-electron chi connectivity index (χ3n) is 5.54. The molecule has 0 unspecified atom stereocenters. The summed E-state index contributed by atoms with van der Waals surface area (Å²) >= 11 is 6.68. The van der Waals surface area contributed by atoms with Gasteiger partial charge in [0.25, 0.3) is 5.91 Å². The zero-order chi connectivity index (χ0) is 22.2. The van der Waals surface area contributed by atoms with Crippen molar-refractivity contribution in [1.29, 1.82) is 0 Å². The van der Waals surface area contributed by atoms with E-state index in [1.165, 1.54) is 43.9 Å². The molecule has 3 rings (SSSR count). The Morgan fingerprint density at radius 2 is 1.71 bits per heavy atom. The lowest BCUT2D eigenvalue weighted by Crippen LogP contribution is -2.27. The minimum absolute atomic E-state index is 0.0252. The number of rotatable bonds is 10. The number of ether oxygens (including phenoxy) is 1. The first-order valence-electron chi connectivity index (χ1n) is 11.2. The summed E-state index contributed by atoms with van der Waals surface area (Å²) in [4.78, 5) is 17.0. The highest BCUT2D eigenvalue weighted by Gasteiger charge is 2.31. The van der Waals surface area contributed by atoms with E-state index in [4.69, 9.17) is 17.0 Å². The zero-order valence-corrected chi connectivity index (χ0v) is 20.4. The summed E-state index contributed by atoms with van der Waals surface area (Å²) in [7, 11) is 0. The smallest absolute Gasteiger partial charge is 0.266 e. The quantitative estimate of drug-likeness (QED) is 0.223. The summed E-state index contributed by atoms with van der Waals surface area (Å²) in [5.41, 5.74) is 2.18. The standard InChI is InChI=1S/C25H32N2O2S2/c1-4-6-7-8-9-13-18-27-19(3)23(20-14-11-10-12-15-20)29-22(27)17-16-21-24(28)26(5-2)25(30)31-21/h10-12,14-17H,4-9,13,18H2,1-3H3. The molecule has 0 radical (unpaired) electrons. The van der Waals surface area contributed by atoms with Crippen molar-refractivity contribution in [2.75, 3.05) is 13.1 Å². The van der Waals surface area contributed by atoms with E-state index in [1.807, 2.05) is 37.3 Å². The maximum atomic E-state index is 12.5. The Balaban J connectivity index is 1.77. The van der Waals surface area contributed by atoms with Crippen molar-refractivity contribution in [2.24, 2.45) is 0 Å². The van der Waals surface area contributed by atoms with Crippen LogP contribution in [0.3, 0.4) is 0 Å². The largest absolute Gasteiger partial charge is 0.438 e. The van der Waals surface area contributed by atoms with Crippen LogP contribution in [0.4, 0.5) is 0 Å². The first-order chi connectivity index (χ1) is 15.1. The first kappa shape index (κ1) is 23.6. The van der Waals surface area contributed by atoms with Gasteiger partial charge in [-0.2, -0.15) is 0 Å². The van der Waals surface area contributed by atoms with E-state index in [9.17, 15) is 4.79 Å². The molecule has 1 aromatic rings. The molecule has 6 heteroatoms. The lowest BCUT2D eigenvalue weighted by atomic mass is 10.1. The first-order valence-corrected chi connectivity index (χ1v) is 12.5. The second-order valence-electron chi connectivity index (χ2n) is 7.76. The minimum atomic E-state index is -0.0252. The molecule has 0 saturated carbocycles. The fourth-order valence-electron chi connectivity index (χ4n) is 3.76. The van der Waals surface area contributed by atoms with E-state index in [0.717, 1.165) is 35.9 Å². The molecule has 0 N–H and O–H groups in total. The Hall–Kier alpha value is -2.05. The molecule has 1 amide bonds. The molecule has 0 aliphatic carbocycles. The summed E-state index contributed by atoms with van der Waals surface area (Å²) in [6.07, 6.45) is 11.2. The number of hydrogen-bond acceptors (Lipinski definition) is 5. The van der Waals surface area contributed by atoms with Gasteiger partial charge in [0.1, 0.15) is 4.32 Å². The van der Waals surface area contributed by atoms with Gasteiger partial charge < -0.3 is 9.64 Å². The number of thiocarbonyl (C=S) groups is 1. The van der Waals surface area contributed by atoms with Crippen LogP contribution in [0.1, 0.15) is 64.9 Å². The number of likely N-dealkylation sites (N-methyl/N-ethyl adjacent to an activating group) is 1. The van der Waals surface area contributed by atoms with Gasteiger partial charge >= 0.3 is 0 Å². The van der Waals surface area contributed by atoms with E-state index in [-0.39, 0.29) is 5.91 Å². The monoisotopic (exact) mass is 456 g/mol. The van der Waals surface area contributed by atoms with E-state index in [2.05, 4.69) is 30.9 Å². The Bertz CT molecular complexity index is 890. The van der Waals surface area contributed by atoms with Gasteiger partial charge in [0.05, 0.1) is 10.6 Å². The maximum Gasteiger partial charge on any atom is 0.266 e. The van der Waals surface area contributed by atoms with Gasteiger partial charge in [0.15, 0.2) is 11.6 Å². The molecule has 4 nitrogen and oxygen atoms in total. The van der Waals surface area contributed by atoms with Crippen molar-refractivity contribution < 1.29 is 9.53 Å². The number of benzene rings is 1. The number of amides is 1. The summed E-state index contributed by atoms with van der Waals surface area (Å²) in [6, 6.07) is 10.2. The highest BCUT2D eigenvalue weighted by molar-refractivity contribution is 8.26. The lowest BCUT2D eigenvalue weighted by molar-refractivity contribution is -0.122. The summed E-state index contributed by atoms with van der Waals surface area (Å²) in [6.45, 7) is 7.79. The van der Waals surface area contributed by atoms with Crippen LogP contribution in [0.25, 0.3) is 5.76 Å². The molecule has 31 heavy (non-hydrogen) atoms. The molecule has 2 aliphatic heterocycles. The molecular formula is C25H32N2O2S2. The fraction of sp³-hybridized carbons (Fsp3) is 0.440. The van der Waals surface area contributed by atoms with Crippen molar-refractivity contribution >= 4 is 40.0 Å². The van der Waals surface area contributed by atoms with Crippen LogP contribution in [0, 0.1) is 0 Å². The van der Waals surface area contributed by atoms with Gasteiger partial charge in [-0.3, -0.25) is 9.69 Å². The Morgan fingerprint density at radius 1 is 1.00 bits per heavy atom. The van der Waals surface area contributed by atoms with Gasteiger partial charge in [-0.15, -0.1) is 0 Å². The second-order valence-corrected chi connectivity index (χ2v) is 9.43. The van der Waals surface area contributed by atoms with Crippen LogP contribution < -0.4 is 0 Å². The van der Waals surface area contributed by atoms with Gasteiger partial charge in [-0.05, 0) is 26.3 Å². The lowest BCUT2D eigenvalue weighted by Gasteiger charge is -2.19. The van der Waals surface area contributed by atoms with Crippen molar-refractivity contribution in [3.63, 3.8) is 0 Å². The van der Waals surface area contributed by atoms with Gasteiger partial charge in [0, 0.05) is 24.7 Å². The molecule has 0 aromatic heterocycles. The van der Waals surface area contributed by atoms with Crippen LogP contribution in [0.2, 0.25) is 0 Å². The van der Waals surface area contributed by atoms with Crippen molar-refractivity contribution in [2.45, 2.75) is 59.3 Å². The number of nitrogens with zero attached hydrogens (tertiary/aromatic N) is 2. The van der Waals surface area contributed by atoms with Crippen LogP contribution in [-0.4, -0.2) is 33.1 Å². The van der Waals surface area contributed by atoms with E-state index < -0.39 is 0 Å². The summed E-state index contributed by atoms with van der Waals surface area (Å²) in [5, 5.41) is 0. The molecule has 0 bridgehead atoms. The summed E-state index contributed by atoms with van der Waals surface area (Å²) in [5.74, 6) is 1.63. The normalized spacial score (nSPS) is 19.3. The predicted molar refractivity (Wildman–Crippen MR) is 134 cm³/mol. The van der Waals surface area contributed by atoms with Crippen LogP contribution in [-0.2, 0) is 9.53 Å². The maximum absolute atomic E-state index is 12.5. The highest BCUT2D eigenvalue weighted by Crippen LogP contribution is 2.36. The molecule has 1 saturated heterocycles. The highest BCUT2D eigenvalue weighted by atomic mass is 32.2. The van der Waals surface area contributed by atoms with Gasteiger partial charge in [-0.1, -0.05) is 93.3 Å². The third-order valence-corrected chi connectivity index (χ3v) is 6.94. The molecule has 2 heterocycles. The molecule has 166 valence electrons. The molecule has 0 atom stereocenters. The average molecular weight is 457 g/mol. The van der Waals surface area contributed by atoms with Crippen LogP contribution >= 0.6 is 24.0 Å². The minimum Gasteiger partial charge on any atom is -0.438 e. The third kappa shape index (κ3) is 5.80. The van der Waals surface area contributed by atoms with Crippen molar-refractivity contribution in [3.8, 4) is 0 Å². The number of allylic oxidation sites excluding steroid dienone is 3. The Kier molecular flexibility index (Phi) is 8.79. The number of carbonyl (C=O) groups is 1. The zero-order valence-electron chi connectivity index (χ0n) is 18.7. The molecular weight excluding hydrogens is 424 g/mol. The molecule has 2 aliphatic rings. The second kappa shape index (κ2) is 11.5. The molecule has 1 aromatic carbocycles. The summed E-state index contributed by atoms with van der Waals surface area (Å²) < 4.78 is 6.92. The number of unbranched alkanes of at least 4 members (excludes halogenated alkanes) is 5. The van der Waals surface area contributed by atoms with Gasteiger partial charge in [-0.25, -0.2) is 0 Å². The van der Waals surface area contributed by atoms with E-state index in [1.54, 1.807) is 4.90 Å². The number of carbonyl (C=O) groups excluding carboxylic acids is 1. The SMILES string of the molecule is CCCCCCCCN1C(=CC=C2SC(=S)N(CC)C2=O)OC(c2ccccc2)=C1C. The Morgan fingerprint density at radius 3 is 2.39 bits per heavy atom. The van der Waals surface area contributed by atoms with Gasteiger partial charge in [0.2, 0.25) is 0 Å². The van der Waals surface area contributed by atoms with Crippen LogP contribution in [0.15, 0.2) is 59.0 Å². The fourth-order valence-corrected chi connectivity index (χ4v) is 5.09. The number of hydrogen-bond donors (Lipinski definition) is 0. The van der Waals surface area contributed by atoms with E-state index >= 15 is 0 Å². The topological polar surface area (TPSA) is 32.8 Å². The Labute approximate surface area is 196 Å².